The molecule has 1 aliphatic carbocycles. The number of nitrogens with one attached hydrogen (secondary N) is 5. The number of nitrogens with zero attached hydrogens (tertiary/aromatic N) is 2. The van der Waals surface area contributed by atoms with Crippen LogP contribution in [0.1, 0.15) is 67.2 Å². The van der Waals surface area contributed by atoms with Gasteiger partial charge in [-0.3, -0.25) is 25.2 Å². The van der Waals surface area contributed by atoms with Crippen LogP contribution in [0.2, 0.25) is 0 Å². The zero-order valence-corrected chi connectivity index (χ0v) is 25.7. The third-order valence-electron chi connectivity index (χ3n) is 8.57. The highest BCUT2D eigenvalue weighted by Crippen LogP contribution is 2.31. The molecule has 5 rings (SSSR count). The summed E-state index contributed by atoms with van der Waals surface area (Å²) >= 11 is 0. The summed E-state index contributed by atoms with van der Waals surface area (Å²) in [6.07, 6.45) is 7.30. The fourth-order valence-corrected chi connectivity index (χ4v) is 6.30. The highest BCUT2D eigenvalue weighted by molar-refractivity contribution is 6.01. The van der Waals surface area contributed by atoms with Crippen molar-refractivity contribution in [2.75, 3.05) is 27.0 Å². The van der Waals surface area contributed by atoms with E-state index in [0.717, 1.165) is 42.3 Å². The number of rotatable bonds is 12. The Labute approximate surface area is 258 Å². The van der Waals surface area contributed by atoms with E-state index in [1.165, 1.54) is 5.56 Å². The van der Waals surface area contributed by atoms with E-state index in [1.54, 1.807) is 19.4 Å². The van der Waals surface area contributed by atoms with Crippen molar-refractivity contribution in [3.63, 3.8) is 0 Å². The van der Waals surface area contributed by atoms with Gasteiger partial charge in [0, 0.05) is 29.3 Å². The van der Waals surface area contributed by atoms with E-state index in [4.69, 9.17) is 9.47 Å². The van der Waals surface area contributed by atoms with Gasteiger partial charge in [0.15, 0.2) is 0 Å². The maximum Gasteiger partial charge on any atom is 0.268 e. The average molecular weight is 602 g/mol. The monoisotopic (exact) mass is 601 g/mol. The number of aromatic nitrogens is 2. The van der Waals surface area contributed by atoms with Crippen molar-refractivity contribution < 1.29 is 19.1 Å². The van der Waals surface area contributed by atoms with Crippen LogP contribution in [0.4, 0.5) is 0 Å². The summed E-state index contributed by atoms with van der Waals surface area (Å²) in [6, 6.07) is 9.79. The molecule has 0 saturated carbocycles. The highest BCUT2D eigenvalue weighted by atomic mass is 16.5. The second-order valence-corrected chi connectivity index (χ2v) is 12.2. The molecule has 2 aromatic heterocycles. The highest BCUT2D eigenvalue weighted by Gasteiger charge is 2.34. The molecule has 2 amide bonds. The number of benzene rings is 1. The predicted octanol–water partition coefficient (Wildman–Crippen LogP) is 3.34. The number of hydrogen-bond acceptors (Lipinski definition) is 8. The second kappa shape index (κ2) is 14.7. The minimum Gasteiger partial charge on any atom is -0.496 e. The topological polar surface area (TPSA) is 153 Å². The van der Waals surface area contributed by atoms with Crippen LogP contribution >= 0.6 is 0 Å². The van der Waals surface area contributed by atoms with Gasteiger partial charge in [-0.2, -0.15) is 5.26 Å². The van der Waals surface area contributed by atoms with Crippen LogP contribution in [-0.4, -0.2) is 66.9 Å². The number of amides is 2. The molecule has 0 spiro atoms. The number of H-pyrrole nitrogens is 1. The third kappa shape index (κ3) is 7.56. The summed E-state index contributed by atoms with van der Waals surface area (Å²) in [5, 5.41) is 24.1. The van der Waals surface area contributed by atoms with Gasteiger partial charge in [0.25, 0.3) is 5.91 Å². The molecule has 1 aliphatic heterocycles. The minimum atomic E-state index is -0.791. The molecule has 5 unspecified atom stereocenters. The minimum absolute atomic E-state index is 0.0278. The lowest BCUT2D eigenvalue weighted by Crippen LogP contribution is -2.56. The summed E-state index contributed by atoms with van der Waals surface area (Å²) < 4.78 is 11.2. The van der Waals surface area contributed by atoms with Gasteiger partial charge in [0.05, 0.1) is 32.6 Å². The number of carbonyl (C=O) groups excluding carboxylic acids is 2. The van der Waals surface area contributed by atoms with Gasteiger partial charge in [-0.15, -0.1) is 0 Å². The van der Waals surface area contributed by atoms with Crippen molar-refractivity contribution >= 4 is 22.7 Å². The number of aromatic amines is 1. The van der Waals surface area contributed by atoms with E-state index < -0.39 is 18.1 Å². The molecule has 234 valence electrons. The van der Waals surface area contributed by atoms with Crippen molar-refractivity contribution in [3.8, 4) is 11.8 Å². The van der Waals surface area contributed by atoms with Crippen LogP contribution in [0.15, 0.2) is 42.7 Å². The van der Waals surface area contributed by atoms with Crippen molar-refractivity contribution in [3.05, 3.63) is 59.5 Å². The lowest BCUT2D eigenvalue weighted by molar-refractivity contribution is -0.124. The van der Waals surface area contributed by atoms with E-state index in [2.05, 4.69) is 37.3 Å². The Kier molecular flexibility index (Phi) is 10.5. The molecule has 3 aromatic rings. The van der Waals surface area contributed by atoms with Gasteiger partial charge in [-0.25, -0.2) is 0 Å². The molecule has 5 atom stereocenters. The lowest BCUT2D eigenvalue weighted by atomic mass is 9.92. The van der Waals surface area contributed by atoms with E-state index in [-0.39, 0.29) is 29.7 Å². The molecule has 2 aliphatic rings. The Bertz CT molecular complexity index is 1470. The van der Waals surface area contributed by atoms with Crippen molar-refractivity contribution in [1.29, 1.82) is 5.26 Å². The Hall–Kier alpha value is -3.98. The molecule has 44 heavy (non-hydrogen) atoms. The molecule has 1 aromatic carbocycles. The number of pyridine rings is 1. The number of aryl methyl sites for hydroxylation is 1. The summed E-state index contributed by atoms with van der Waals surface area (Å²) in [5.41, 5.74) is 3.44. The van der Waals surface area contributed by atoms with E-state index >= 15 is 0 Å². The van der Waals surface area contributed by atoms with Gasteiger partial charge >= 0.3 is 0 Å². The summed E-state index contributed by atoms with van der Waals surface area (Å²) in [5.74, 6) is 0.263. The van der Waals surface area contributed by atoms with Crippen molar-refractivity contribution in [1.82, 2.24) is 31.2 Å². The standard InChI is InChI=1S/C33H43N7O4/c1-20(2)13-28(40-33(42)29-15-23-25(37-29)5-4-6-31(23)43-3)32(41)39-27(14-21-9-11-36-19-44-18-21)30(16-34)38-26-8-7-22-10-12-35-17-24(22)26/h4-6,10,12,15,17,20-21,26-28,30,36-38H,7-9,11,13-14,18-19H2,1-3H3,(H,39,41)(H,40,42). The molecule has 1 saturated heterocycles. The average Bonchev–Trinajstić information content (AvgIpc) is 3.55. The van der Waals surface area contributed by atoms with Crippen LogP contribution in [0.25, 0.3) is 10.9 Å². The number of nitriles is 1. The van der Waals surface area contributed by atoms with Crippen molar-refractivity contribution in [2.45, 2.75) is 70.1 Å². The van der Waals surface area contributed by atoms with Gasteiger partial charge in [-0.1, -0.05) is 19.9 Å². The molecule has 11 nitrogen and oxygen atoms in total. The van der Waals surface area contributed by atoms with E-state index in [1.807, 2.05) is 44.3 Å². The first kappa shape index (κ1) is 31.4. The SMILES string of the molecule is COc1cccc2[nH]c(C(=O)NC(CC(C)C)C(=O)NC(CC3CCNCOC3)C(C#N)NC3CCc4ccncc43)cc12. The summed E-state index contributed by atoms with van der Waals surface area (Å²) in [7, 11) is 1.59. The molecule has 1 fully saturated rings. The zero-order valence-electron chi connectivity index (χ0n) is 25.7. The fraction of sp³-hybridized carbons (Fsp3) is 0.515. The Morgan fingerprint density at radius 1 is 1.23 bits per heavy atom. The van der Waals surface area contributed by atoms with Gasteiger partial charge in [0.2, 0.25) is 5.91 Å². The smallest absolute Gasteiger partial charge is 0.268 e. The van der Waals surface area contributed by atoms with Crippen LogP contribution in [0, 0.1) is 23.2 Å². The van der Waals surface area contributed by atoms with E-state index in [0.29, 0.717) is 37.6 Å². The number of methoxy groups -OCH3 is 1. The summed E-state index contributed by atoms with van der Waals surface area (Å²) in [6.45, 7) is 5.86. The number of carbonyl (C=O) groups is 2. The van der Waals surface area contributed by atoms with Gasteiger partial charge in [0.1, 0.15) is 23.5 Å². The van der Waals surface area contributed by atoms with Crippen molar-refractivity contribution in [2.24, 2.45) is 11.8 Å². The molecular weight excluding hydrogens is 558 g/mol. The maximum atomic E-state index is 13.9. The molecular formula is C33H43N7O4. The molecule has 0 radical (unpaired) electrons. The lowest BCUT2D eigenvalue weighted by Gasteiger charge is -2.31. The summed E-state index contributed by atoms with van der Waals surface area (Å²) in [4.78, 5) is 34.8. The first-order chi connectivity index (χ1) is 21.4. The number of hydrogen-bond donors (Lipinski definition) is 5. The Balaban J connectivity index is 1.35. The second-order valence-electron chi connectivity index (χ2n) is 12.2. The Morgan fingerprint density at radius 2 is 2.09 bits per heavy atom. The zero-order chi connectivity index (χ0) is 31.1. The molecule has 0 bridgehead atoms. The van der Waals surface area contributed by atoms with Crippen LogP contribution in [0.3, 0.4) is 0 Å². The largest absolute Gasteiger partial charge is 0.496 e. The van der Waals surface area contributed by atoms with E-state index in [9.17, 15) is 14.9 Å². The normalized spacial score (nSPS) is 20.2. The molecule has 5 N–H and O–H groups in total. The quantitative estimate of drug-likeness (QED) is 0.212. The van der Waals surface area contributed by atoms with Gasteiger partial charge in [-0.05, 0) is 85.9 Å². The number of fused-ring (bicyclic) bond motifs is 2. The predicted molar refractivity (Wildman–Crippen MR) is 167 cm³/mol. The van der Waals surface area contributed by atoms with Gasteiger partial charge < -0.3 is 25.1 Å². The molecule has 3 heterocycles. The van der Waals surface area contributed by atoms with Crippen LogP contribution in [-0.2, 0) is 16.0 Å². The van der Waals surface area contributed by atoms with Crippen LogP contribution < -0.4 is 26.0 Å². The first-order valence-corrected chi connectivity index (χ1v) is 15.5. The third-order valence-corrected chi connectivity index (χ3v) is 8.57. The maximum absolute atomic E-state index is 13.9. The fourth-order valence-electron chi connectivity index (χ4n) is 6.30. The van der Waals surface area contributed by atoms with Crippen LogP contribution in [0.5, 0.6) is 5.75 Å². The molecule has 11 heteroatoms. The Morgan fingerprint density at radius 3 is 2.89 bits per heavy atom. The number of ether oxygens (including phenoxy) is 2. The first-order valence-electron chi connectivity index (χ1n) is 15.5.